The molecule has 16 heavy (non-hydrogen) atoms. The van der Waals surface area contributed by atoms with Gasteiger partial charge in [0.15, 0.2) is 0 Å². The quantitative estimate of drug-likeness (QED) is 0.926. The topological polar surface area (TPSA) is 30.5 Å². The van der Waals surface area contributed by atoms with Gasteiger partial charge in [-0.1, -0.05) is 15.9 Å². The molecule has 0 spiro atoms. The van der Waals surface area contributed by atoms with Gasteiger partial charge in [-0.3, -0.25) is 0 Å². The second-order valence-corrected chi connectivity index (χ2v) is 4.77. The van der Waals surface area contributed by atoms with Gasteiger partial charge in [0.25, 0.3) is 0 Å². The van der Waals surface area contributed by atoms with Gasteiger partial charge in [-0.25, -0.2) is 0 Å². The zero-order valence-corrected chi connectivity index (χ0v) is 11.1. The monoisotopic (exact) mass is 285 g/mol. The number of methoxy groups -OCH3 is 2. The molecule has 1 heterocycles. The van der Waals surface area contributed by atoms with Crippen molar-refractivity contribution in [1.29, 1.82) is 0 Å². The number of ether oxygens (including phenoxy) is 2. The minimum Gasteiger partial charge on any atom is -0.497 e. The van der Waals surface area contributed by atoms with Crippen LogP contribution in [0.5, 0.6) is 11.5 Å². The van der Waals surface area contributed by atoms with Crippen LogP contribution in [0, 0.1) is 0 Å². The fourth-order valence-corrected chi connectivity index (χ4v) is 2.90. The maximum Gasteiger partial charge on any atom is 0.127 e. The summed E-state index contributed by atoms with van der Waals surface area (Å²) in [5.41, 5.74) is 1.24. The van der Waals surface area contributed by atoms with E-state index in [2.05, 4.69) is 21.2 Å². The van der Waals surface area contributed by atoms with Gasteiger partial charge in [0.1, 0.15) is 11.5 Å². The van der Waals surface area contributed by atoms with Crippen LogP contribution in [0.25, 0.3) is 0 Å². The zero-order valence-electron chi connectivity index (χ0n) is 9.55. The fraction of sp³-hybridized carbons (Fsp3) is 0.500. The van der Waals surface area contributed by atoms with E-state index in [1.54, 1.807) is 14.2 Å². The van der Waals surface area contributed by atoms with Crippen LogP contribution in [0.15, 0.2) is 16.6 Å². The molecule has 1 saturated heterocycles. The molecular formula is C12H16BrNO2. The van der Waals surface area contributed by atoms with E-state index in [9.17, 15) is 0 Å². The lowest BCUT2D eigenvalue weighted by molar-refractivity contribution is 0.388. The van der Waals surface area contributed by atoms with Crippen LogP contribution in [0.1, 0.15) is 17.9 Å². The Labute approximate surface area is 104 Å². The van der Waals surface area contributed by atoms with E-state index in [1.807, 2.05) is 12.1 Å². The van der Waals surface area contributed by atoms with Crippen LogP contribution in [-0.2, 0) is 0 Å². The van der Waals surface area contributed by atoms with Crippen molar-refractivity contribution < 1.29 is 9.47 Å². The van der Waals surface area contributed by atoms with Gasteiger partial charge in [-0.05, 0) is 19.0 Å². The number of nitrogens with one attached hydrogen (secondary N) is 1. The third-order valence-electron chi connectivity index (χ3n) is 2.99. The van der Waals surface area contributed by atoms with E-state index in [1.165, 1.54) is 5.56 Å². The molecule has 0 radical (unpaired) electrons. The molecule has 0 amide bonds. The SMILES string of the molecule is COc1cc(Br)c(C2CCNC2)c(OC)c1. The van der Waals surface area contributed by atoms with Crippen LogP contribution in [0.4, 0.5) is 0 Å². The molecule has 0 saturated carbocycles. The first kappa shape index (κ1) is 11.7. The summed E-state index contributed by atoms with van der Waals surface area (Å²) < 4.78 is 11.7. The van der Waals surface area contributed by atoms with E-state index >= 15 is 0 Å². The minimum absolute atomic E-state index is 0.523. The predicted molar refractivity (Wildman–Crippen MR) is 67.5 cm³/mol. The van der Waals surface area contributed by atoms with Gasteiger partial charge < -0.3 is 14.8 Å². The summed E-state index contributed by atoms with van der Waals surface area (Å²) in [6.07, 6.45) is 1.15. The number of hydrogen-bond donors (Lipinski definition) is 1. The molecule has 1 aromatic carbocycles. The van der Waals surface area contributed by atoms with Gasteiger partial charge >= 0.3 is 0 Å². The summed E-state index contributed by atoms with van der Waals surface area (Å²) >= 11 is 3.60. The highest BCUT2D eigenvalue weighted by atomic mass is 79.9. The fourth-order valence-electron chi connectivity index (χ4n) is 2.15. The summed E-state index contributed by atoms with van der Waals surface area (Å²) in [5.74, 6) is 2.24. The molecule has 1 atom stereocenters. The van der Waals surface area contributed by atoms with Crippen molar-refractivity contribution in [2.24, 2.45) is 0 Å². The van der Waals surface area contributed by atoms with Crippen molar-refractivity contribution in [3.05, 3.63) is 22.2 Å². The lowest BCUT2D eigenvalue weighted by Crippen LogP contribution is -2.09. The summed E-state index contributed by atoms with van der Waals surface area (Å²) in [5, 5.41) is 3.37. The molecule has 1 N–H and O–H groups in total. The van der Waals surface area contributed by atoms with Crippen molar-refractivity contribution in [3.8, 4) is 11.5 Å². The maximum atomic E-state index is 5.44. The molecule has 0 aliphatic carbocycles. The number of halogens is 1. The van der Waals surface area contributed by atoms with Crippen LogP contribution in [0.3, 0.4) is 0 Å². The Morgan fingerprint density at radius 1 is 1.31 bits per heavy atom. The summed E-state index contributed by atoms with van der Waals surface area (Å²) in [4.78, 5) is 0. The number of rotatable bonds is 3. The maximum absolute atomic E-state index is 5.44. The van der Waals surface area contributed by atoms with Gasteiger partial charge in [-0.15, -0.1) is 0 Å². The van der Waals surface area contributed by atoms with Gasteiger partial charge in [0.05, 0.1) is 14.2 Å². The summed E-state index contributed by atoms with van der Waals surface area (Å²) in [7, 11) is 3.37. The highest BCUT2D eigenvalue weighted by molar-refractivity contribution is 9.10. The molecule has 1 aliphatic rings. The number of hydrogen-bond acceptors (Lipinski definition) is 3. The molecule has 1 aromatic rings. The van der Waals surface area contributed by atoms with Crippen molar-refractivity contribution >= 4 is 15.9 Å². The third-order valence-corrected chi connectivity index (χ3v) is 3.65. The van der Waals surface area contributed by atoms with Crippen LogP contribution in [-0.4, -0.2) is 27.3 Å². The van der Waals surface area contributed by atoms with Gasteiger partial charge in [0, 0.05) is 28.6 Å². The van der Waals surface area contributed by atoms with E-state index in [0.717, 1.165) is 35.5 Å². The minimum atomic E-state index is 0.523. The first-order valence-electron chi connectivity index (χ1n) is 5.38. The van der Waals surface area contributed by atoms with Crippen molar-refractivity contribution in [3.63, 3.8) is 0 Å². The molecule has 1 aliphatic heterocycles. The van der Waals surface area contributed by atoms with E-state index < -0.39 is 0 Å². The van der Waals surface area contributed by atoms with Crippen molar-refractivity contribution in [2.75, 3.05) is 27.3 Å². The molecule has 0 bridgehead atoms. The Hall–Kier alpha value is -0.740. The van der Waals surface area contributed by atoms with Gasteiger partial charge in [-0.2, -0.15) is 0 Å². The average molecular weight is 286 g/mol. The van der Waals surface area contributed by atoms with Crippen molar-refractivity contribution in [1.82, 2.24) is 5.32 Å². The molecule has 88 valence electrons. The first-order valence-corrected chi connectivity index (χ1v) is 6.17. The first-order chi connectivity index (χ1) is 7.76. The van der Waals surface area contributed by atoms with Crippen molar-refractivity contribution in [2.45, 2.75) is 12.3 Å². The molecule has 2 rings (SSSR count). The number of benzene rings is 1. The molecule has 4 heteroatoms. The summed E-state index contributed by atoms with van der Waals surface area (Å²) in [6.45, 7) is 2.09. The second kappa shape index (κ2) is 5.06. The Balaban J connectivity index is 2.41. The molecule has 1 unspecified atom stereocenters. The molecule has 0 aromatic heterocycles. The lowest BCUT2D eigenvalue weighted by atomic mass is 9.97. The standard InChI is InChI=1S/C12H16BrNO2/c1-15-9-5-10(13)12(11(6-9)16-2)8-3-4-14-7-8/h5-6,8,14H,3-4,7H2,1-2H3. The summed E-state index contributed by atoms with van der Waals surface area (Å²) in [6, 6.07) is 3.94. The Kier molecular flexibility index (Phi) is 3.71. The van der Waals surface area contributed by atoms with E-state index in [4.69, 9.17) is 9.47 Å². The van der Waals surface area contributed by atoms with Crippen LogP contribution in [0.2, 0.25) is 0 Å². The van der Waals surface area contributed by atoms with E-state index in [0.29, 0.717) is 5.92 Å². The van der Waals surface area contributed by atoms with E-state index in [-0.39, 0.29) is 0 Å². The largest absolute Gasteiger partial charge is 0.497 e. The molecule has 1 fully saturated rings. The smallest absolute Gasteiger partial charge is 0.127 e. The Morgan fingerprint density at radius 2 is 2.12 bits per heavy atom. The predicted octanol–water partition coefficient (Wildman–Crippen LogP) is 2.54. The second-order valence-electron chi connectivity index (χ2n) is 3.91. The Bertz CT molecular complexity index is 376. The zero-order chi connectivity index (χ0) is 11.5. The normalized spacial score (nSPS) is 19.8. The van der Waals surface area contributed by atoms with Crippen LogP contribution >= 0.6 is 15.9 Å². The average Bonchev–Trinajstić information content (AvgIpc) is 2.81. The van der Waals surface area contributed by atoms with Crippen LogP contribution < -0.4 is 14.8 Å². The molecule has 3 nitrogen and oxygen atoms in total. The lowest BCUT2D eigenvalue weighted by Gasteiger charge is -2.17. The Morgan fingerprint density at radius 3 is 2.69 bits per heavy atom. The highest BCUT2D eigenvalue weighted by Gasteiger charge is 2.23. The molecular weight excluding hydrogens is 270 g/mol. The van der Waals surface area contributed by atoms with Gasteiger partial charge in [0.2, 0.25) is 0 Å². The highest BCUT2D eigenvalue weighted by Crippen LogP contribution is 2.39. The third kappa shape index (κ3) is 2.18.